The van der Waals surface area contributed by atoms with E-state index in [1.165, 1.54) is 4.88 Å². The molecule has 1 aromatic heterocycles. The fourth-order valence-corrected chi connectivity index (χ4v) is 3.39. The van der Waals surface area contributed by atoms with Crippen molar-refractivity contribution >= 4 is 17.4 Å². The van der Waals surface area contributed by atoms with Crippen LogP contribution in [0.4, 0.5) is 4.79 Å². The summed E-state index contributed by atoms with van der Waals surface area (Å²) in [4.78, 5) is 17.6. The summed E-state index contributed by atoms with van der Waals surface area (Å²) in [7, 11) is 4.08. The number of nitrogens with zero attached hydrogens (tertiary/aromatic N) is 2. The Bertz CT molecular complexity index is 436. The van der Waals surface area contributed by atoms with Crippen LogP contribution in [0.2, 0.25) is 0 Å². The lowest BCUT2D eigenvalue weighted by Gasteiger charge is -2.33. The lowest BCUT2D eigenvalue weighted by molar-refractivity contribution is -0.0155. The average molecular weight is 311 g/mol. The number of hydrogen-bond donors (Lipinski definition) is 1. The zero-order chi connectivity index (χ0) is 15.2. The summed E-state index contributed by atoms with van der Waals surface area (Å²) >= 11 is 1.72. The van der Waals surface area contributed by atoms with Gasteiger partial charge in [-0.2, -0.15) is 0 Å². The molecule has 1 saturated heterocycles. The predicted molar refractivity (Wildman–Crippen MR) is 85.7 cm³/mol. The molecule has 0 unspecified atom stereocenters. The van der Waals surface area contributed by atoms with Gasteiger partial charge in [-0.25, -0.2) is 4.79 Å². The van der Waals surface area contributed by atoms with Crippen LogP contribution < -0.4 is 5.32 Å². The van der Waals surface area contributed by atoms with E-state index >= 15 is 0 Å². The third-order valence-electron chi connectivity index (χ3n) is 3.82. The van der Waals surface area contributed by atoms with E-state index in [4.69, 9.17) is 4.74 Å². The second-order valence-electron chi connectivity index (χ2n) is 5.53. The van der Waals surface area contributed by atoms with Crippen molar-refractivity contribution in [3.05, 3.63) is 22.4 Å². The lowest BCUT2D eigenvalue weighted by atomic mass is 10.2. The van der Waals surface area contributed by atoms with Crippen molar-refractivity contribution < 1.29 is 9.53 Å². The molecule has 0 spiro atoms. The van der Waals surface area contributed by atoms with E-state index in [1.54, 1.807) is 11.3 Å². The maximum absolute atomic E-state index is 12.3. The Kier molecular flexibility index (Phi) is 6.02. The molecule has 6 heteroatoms. The Labute approximate surface area is 130 Å². The highest BCUT2D eigenvalue weighted by atomic mass is 32.1. The minimum Gasteiger partial charge on any atom is -0.375 e. The van der Waals surface area contributed by atoms with Crippen LogP contribution in [0.1, 0.15) is 24.3 Å². The van der Waals surface area contributed by atoms with Crippen molar-refractivity contribution in [2.75, 3.05) is 40.3 Å². The molecular formula is C15H25N3O2S. The number of carbonyl (C=O) groups excluding carboxylic acids is 1. The van der Waals surface area contributed by atoms with Gasteiger partial charge in [-0.1, -0.05) is 13.0 Å². The number of morpholine rings is 1. The van der Waals surface area contributed by atoms with Gasteiger partial charge in [0.15, 0.2) is 0 Å². The molecule has 0 saturated carbocycles. The first-order valence-electron chi connectivity index (χ1n) is 7.46. The first-order valence-corrected chi connectivity index (χ1v) is 8.34. The number of carbonyl (C=O) groups is 1. The van der Waals surface area contributed by atoms with Gasteiger partial charge >= 0.3 is 6.03 Å². The Morgan fingerprint density at radius 1 is 1.62 bits per heavy atom. The van der Waals surface area contributed by atoms with Crippen LogP contribution in [0, 0.1) is 0 Å². The van der Waals surface area contributed by atoms with Gasteiger partial charge in [0, 0.05) is 24.5 Å². The maximum Gasteiger partial charge on any atom is 0.317 e. The fraction of sp³-hybridized carbons (Fsp3) is 0.667. The molecule has 2 heterocycles. The van der Waals surface area contributed by atoms with E-state index in [0.29, 0.717) is 26.2 Å². The second kappa shape index (κ2) is 7.77. The topological polar surface area (TPSA) is 44.8 Å². The van der Waals surface area contributed by atoms with Crippen molar-refractivity contribution in [3.63, 3.8) is 0 Å². The highest BCUT2D eigenvalue weighted by Gasteiger charge is 2.24. The number of thiophene rings is 1. The predicted octanol–water partition coefficient (Wildman–Crippen LogP) is 2.17. The molecule has 118 valence electrons. The summed E-state index contributed by atoms with van der Waals surface area (Å²) in [6.45, 7) is 4.71. The van der Waals surface area contributed by atoms with Crippen molar-refractivity contribution in [1.82, 2.24) is 15.1 Å². The van der Waals surface area contributed by atoms with E-state index in [-0.39, 0.29) is 18.2 Å². The number of ether oxygens (including phenoxy) is 1. The van der Waals surface area contributed by atoms with Crippen molar-refractivity contribution in [2.45, 2.75) is 25.5 Å². The first kappa shape index (κ1) is 16.3. The molecule has 1 fully saturated rings. The maximum atomic E-state index is 12.3. The van der Waals surface area contributed by atoms with Gasteiger partial charge < -0.3 is 19.9 Å². The van der Waals surface area contributed by atoms with Crippen LogP contribution in [0.15, 0.2) is 17.5 Å². The van der Waals surface area contributed by atoms with E-state index in [1.807, 2.05) is 25.1 Å². The summed E-state index contributed by atoms with van der Waals surface area (Å²) in [5.74, 6) is 0. The Morgan fingerprint density at radius 2 is 2.43 bits per heavy atom. The number of nitrogens with one attached hydrogen (secondary N) is 1. The zero-order valence-corrected chi connectivity index (χ0v) is 13.9. The second-order valence-corrected chi connectivity index (χ2v) is 6.51. The lowest BCUT2D eigenvalue weighted by Crippen LogP contribution is -2.50. The van der Waals surface area contributed by atoms with Crippen LogP contribution in [-0.2, 0) is 4.74 Å². The number of likely N-dealkylation sites (N-methyl/N-ethyl adjacent to an activating group) is 1. The number of amides is 2. The van der Waals surface area contributed by atoms with Gasteiger partial charge in [-0.05, 0) is 32.0 Å². The molecule has 2 rings (SSSR count). The molecule has 1 aliphatic heterocycles. The van der Waals surface area contributed by atoms with Crippen LogP contribution in [-0.4, -0.2) is 62.3 Å². The minimum absolute atomic E-state index is 0.0140. The Morgan fingerprint density at radius 3 is 3.05 bits per heavy atom. The highest BCUT2D eigenvalue weighted by Crippen LogP contribution is 2.22. The molecule has 0 aliphatic carbocycles. The summed E-state index contributed by atoms with van der Waals surface area (Å²) < 4.78 is 5.60. The highest BCUT2D eigenvalue weighted by molar-refractivity contribution is 7.10. The van der Waals surface area contributed by atoms with Gasteiger partial charge in [0.1, 0.15) is 0 Å². The molecule has 5 nitrogen and oxygen atoms in total. The van der Waals surface area contributed by atoms with Crippen LogP contribution in [0.3, 0.4) is 0 Å². The van der Waals surface area contributed by atoms with E-state index in [0.717, 1.165) is 6.42 Å². The van der Waals surface area contributed by atoms with Gasteiger partial charge in [-0.15, -0.1) is 11.3 Å². The number of hydrogen-bond acceptors (Lipinski definition) is 4. The molecule has 0 radical (unpaired) electrons. The molecule has 0 bridgehead atoms. The SMILES string of the molecule is CC[C@H]1CN(C(=O)NC[C@@H](c2cccs2)N(C)C)CCO1. The fourth-order valence-electron chi connectivity index (χ4n) is 2.47. The first-order chi connectivity index (χ1) is 10.1. The molecule has 21 heavy (non-hydrogen) atoms. The van der Waals surface area contributed by atoms with Gasteiger partial charge in [0.25, 0.3) is 0 Å². The minimum atomic E-state index is 0.0140. The number of rotatable bonds is 5. The number of urea groups is 1. The molecule has 1 aliphatic rings. The summed E-state index contributed by atoms with van der Waals surface area (Å²) in [5, 5.41) is 5.13. The normalized spacial score (nSPS) is 20.6. The zero-order valence-electron chi connectivity index (χ0n) is 13.0. The molecular weight excluding hydrogens is 286 g/mol. The quantitative estimate of drug-likeness (QED) is 0.906. The van der Waals surface area contributed by atoms with Crippen LogP contribution >= 0.6 is 11.3 Å². The monoisotopic (exact) mass is 311 g/mol. The molecule has 0 aromatic carbocycles. The van der Waals surface area contributed by atoms with Gasteiger partial charge in [0.05, 0.1) is 18.8 Å². The van der Waals surface area contributed by atoms with E-state index in [9.17, 15) is 4.79 Å². The van der Waals surface area contributed by atoms with Crippen LogP contribution in [0.5, 0.6) is 0 Å². The summed E-state index contributed by atoms with van der Waals surface area (Å²) in [5.41, 5.74) is 0. The third kappa shape index (κ3) is 4.43. The van der Waals surface area contributed by atoms with E-state index in [2.05, 4.69) is 28.6 Å². The molecule has 1 aromatic rings. The molecule has 1 N–H and O–H groups in total. The summed E-state index contributed by atoms with van der Waals surface area (Å²) in [6.07, 6.45) is 1.12. The van der Waals surface area contributed by atoms with Crippen molar-refractivity contribution in [1.29, 1.82) is 0 Å². The summed E-state index contributed by atoms with van der Waals surface area (Å²) in [6, 6.07) is 4.40. The van der Waals surface area contributed by atoms with E-state index < -0.39 is 0 Å². The molecule has 2 amide bonds. The standard InChI is InChI=1S/C15H25N3O2S/c1-4-12-11-18(7-8-20-12)15(19)16-10-13(17(2)3)14-6-5-9-21-14/h5-6,9,12-13H,4,7-8,10-11H2,1-3H3,(H,16,19)/t12-,13-/m0/s1. The van der Waals surface area contributed by atoms with Gasteiger partial charge in [-0.3, -0.25) is 0 Å². The molecule has 2 atom stereocenters. The van der Waals surface area contributed by atoms with Crippen molar-refractivity contribution in [3.8, 4) is 0 Å². The largest absolute Gasteiger partial charge is 0.375 e. The third-order valence-corrected chi connectivity index (χ3v) is 4.80. The average Bonchev–Trinajstić information content (AvgIpc) is 3.01. The Hall–Kier alpha value is -1.11. The van der Waals surface area contributed by atoms with Crippen molar-refractivity contribution in [2.24, 2.45) is 0 Å². The van der Waals surface area contributed by atoms with Gasteiger partial charge in [0.2, 0.25) is 0 Å². The Balaban J connectivity index is 1.87. The smallest absolute Gasteiger partial charge is 0.317 e. The van der Waals surface area contributed by atoms with Crippen LogP contribution in [0.25, 0.3) is 0 Å².